The number of aliphatic hydroxyl groups is 1. The number of aromatic nitrogens is 1. The van der Waals surface area contributed by atoms with Crippen molar-refractivity contribution >= 4 is 0 Å². The molecule has 1 atom stereocenters. The molecule has 2 nitrogen and oxygen atoms in total. The van der Waals surface area contributed by atoms with Gasteiger partial charge in [-0.15, -0.1) is 0 Å². The van der Waals surface area contributed by atoms with Gasteiger partial charge in [0.15, 0.2) is 0 Å². The van der Waals surface area contributed by atoms with E-state index in [9.17, 15) is 9.50 Å². The minimum atomic E-state index is -0.819. The van der Waals surface area contributed by atoms with Crippen molar-refractivity contribution in [3.8, 4) is 0 Å². The van der Waals surface area contributed by atoms with Crippen LogP contribution in [0.1, 0.15) is 34.2 Å². The largest absolute Gasteiger partial charge is 0.384 e. The minimum Gasteiger partial charge on any atom is -0.384 e. The molecule has 2 rings (SSSR count). The third kappa shape index (κ3) is 2.57. The Bertz CT molecular complexity index is 560. The second-order valence-electron chi connectivity index (χ2n) is 4.59. The Morgan fingerprint density at radius 2 is 1.61 bits per heavy atom. The van der Waals surface area contributed by atoms with Gasteiger partial charge in [-0.2, -0.15) is 0 Å². The van der Waals surface area contributed by atoms with Crippen LogP contribution in [0.3, 0.4) is 0 Å². The molecule has 0 saturated carbocycles. The van der Waals surface area contributed by atoms with E-state index in [1.165, 1.54) is 6.07 Å². The summed E-state index contributed by atoms with van der Waals surface area (Å²) < 4.78 is 13.5. The molecular weight excluding hydrogens is 229 g/mol. The van der Waals surface area contributed by atoms with Crippen LogP contribution in [0.4, 0.5) is 4.39 Å². The fourth-order valence-electron chi connectivity index (χ4n) is 2.00. The Kier molecular flexibility index (Phi) is 3.43. The van der Waals surface area contributed by atoms with E-state index in [1.807, 2.05) is 26.0 Å². The van der Waals surface area contributed by atoms with Gasteiger partial charge in [-0.1, -0.05) is 12.1 Å². The van der Waals surface area contributed by atoms with Gasteiger partial charge in [0.25, 0.3) is 0 Å². The molecule has 0 bridgehead atoms. The third-order valence-corrected chi connectivity index (χ3v) is 2.93. The van der Waals surface area contributed by atoms with E-state index in [0.717, 1.165) is 17.0 Å². The molecular formula is C15H16FNO. The van der Waals surface area contributed by atoms with Crippen molar-refractivity contribution in [3.63, 3.8) is 0 Å². The Labute approximate surface area is 106 Å². The van der Waals surface area contributed by atoms with E-state index in [-0.39, 0.29) is 5.82 Å². The smallest absolute Gasteiger partial charge is 0.126 e. The van der Waals surface area contributed by atoms with Crippen LogP contribution in [0.15, 0.2) is 30.3 Å². The summed E-state index contributed by atoms with van der Waals surface area (Å²) in [5, 5.41) is 10.3. The van der Waals surface area contributed by atoms with Gasteiger partial charge in [0, 0.05) is 11.4 Å². The Morgan fingerprint density at radius 3 is 2.17 bits per heavy atom. The standard InChI is InChI=1S/C15H16FNO/c1-9-4-5-12(8-14(9)16)15(18)13-6-10(2)17-11(3)7-13/h4-8,15,18H,1-3H3. The van der Waals surface area contributed by atoms with Crippen molar-refractivity contribution in [2.45, 2.75) is 26.9 Å². The van der Waals surface area contributed by atoms with E-state index in [1.54, 1.807) is 19.1 Å². The number of rotatable bonds is 2. The van der Waals surface area contributed by atoms with Gasteiger partial charge in [-0.05, 0) is 55.7 Å². The topological polar surface area (TPSA) is 33.1 Å². The van der Waals surface area contributed by atoms with Gasteiger partial charge in [0.1, 0.15) is 11.9 Å². The van der Waals surface area contributed by atoms with Crippen molar-refractivity contribution in [2.24, 2.45) is 0 Å². The summed E-state index contributed by atoms with van der Waals surface area (Å²) >= 11 is 0. The summed E-state index contributed by atoms with van der Waals surface area (Å²) in [7, 11) is 0. The zero-order valence-electron chi connectivity index (χ0n) is 10.7. The molecule has 1 unspecified atom stereocenters. The molecule has 0 fully saturated rings. The molecule has 1 heterocycles. The monoisotopic (exact) mass is 245 g/mol. The van der Waals surface area contributed by atoms with Crippen LogP contribution in [0.2, 0.25) is 0 Å². The Hall–Kier alpha value is -1.74. The first-order valence-electron chi connectivity index (χ1n) is 5.86. The van der Waals surface area contributed by atoms with Crippen LogP contribution in [0.5, 0.6) is 0 Å². The first kappa shape index (κ1) is 12.7. The maximum atomic E-state index is 13.5. The number of halogens is 1. The molecule has 0 saturated heterocycles. The first-order chi connectivity index (χ1) is 8.47. The number of hydrogen-bond acceptors (Lipinski definition) is 2. The fraction of sp³-hybridized carbons (Fsp3) is 0.267. The normalized spacial score (nSPS) is 12.5. The lowest BCUT2D eigenvalue weighted by atomic mass is 10.00. The van der Waals surface area contributed by atoms with E-state index in [0.29, 0.717) is 11.1 Å². The zero-order chi connectivity index (χ0) is 13.3. The molecule has 18 heavy (non-hydrogen) atoms. The number of pyridine rings is 1. The minimum absolute atomic E-state index is 0.297. The Morgan fingerprint density at radius 1 is 1.00 bits per heavy atom. The molecule has 0 aliphatic carbocycles. The molecule has 0 radical (unpaired) electrons. The van der Waals surface area contributed by atoms with Crippen LogP contribution in [-0.4, -0.2) is 10.1 Å². The summed E-state index contributed by atoms with van der Waals surface area (Å²) in [5.74, 6) is -0.297. The molecule has 0 spiro atoms. The van der Waals surface area contributed by atoms with E-state index in [4.69, 9.17) is 0 Å². The zero-order valence-corrected chi connectivity index (χ0v) is 10.7. The van der Waals surface area contributed by atoms with Crippen LogP contribution in [-0.2, 0) is 0 Å². The van der Waals surface area contributed by atoms with Crippen molar-refractivity contribution in [2.75, 3.05) is 0 Å². The lowest BCUT2D eigenvalue weighted by Crippen LogP contribution is -2.03. The molecule has 3 heteroatoms. The maximum absolute atomic E-state index is 13.5. The number of hydrogen-bond donors (Lipinski definition) is 1. The second kappa shape index (κ2) is 4.86. The lowest BCUT2D eigenvalue weighted by molar-refractivity contribution is 0.219. The van der Waals surface area contributed by atoms with Crippen LogP contribution in [0, 0.1) is 26.6 Å². The van der Waals surface area contributed by atoms with Crippen LogP contribution >= 0.6 is 0 Å². The second-order valence-corrected chi connectivity index (χ2v) is 4.59. The lowest BCUT2D eigenvalue weighted by Gasteiger charge is -2.13. The summed E-state index contributed by atoms with van der Waals surface area (Å²) in [6.07, 6.45) is -0.819. The highest BCUT2D eigenvalue weighted by Crippen LogP contribution is 2.24. The summed E-state index contributed by atoms with van der Waals surface area (Å²) in [4.78, 5) is 4.26. The molecule has 0 amide bonds. The van der Waals surface area contributed by atoms with Crippen LogP contribution in [0.25, 0.3) is 0 Å². The molecule has 1 aromatic carbocycles. The van der Waals surface area contributed by atoms with Gasteiger partial charge in [0.2, 0.25) is 0 Å². The van der Waals surface area contributed by atoms with Gasteiger partial charge in [0.05, 0.1) is 0 Å². The third-order valence-electron chi connectivity index (χ3n) is 2.93. The average Bonchev–Trinajstić information content (AvgIpc) is 2.30. The molecule has 0 aliphatic rings. The van der Waals surface area contributed by atoms with Crippen molar-refractivity contribution in [3.05, 3.63) is 64.2 Å². The van der Waals surface area contributed by atoms with E-state index >= 15 is 0 Å². The number of nitrogens with zero attached hydrogens (tertiary/aromatic N) is 1. The average molecular weight is 245 g/mol. The number of benzene rings is 1. The maximum Gasteiger partial charge on any atom is 0.126 e. The molecule has 1 aromatic heterocycles. The van der Waals surface area contributed by atoms with Crippen molar-refractivity contribution < 1.29 is 9.50 Å². The highest BCUT2D eigenvalue weighted by atomic mass is 19.1. The molecule has 0 aliphatic heterocycles. The predicted octanol–water partition coefficient (Wildman–Crippen LogP) is 3.23. The van der Waals surface area contributed by atoms with Crippen molar-refractivity contribution in [1.29, 1.82) is 0 Å². The molecule has 1 N–H and O–H groups in total. The number of aliphatic hydroxyl groups excluding tert-OH is 1. The van der Waals surface area contributed by atoms with Crippen LogP contribution < -0.4 is 0 Å². The SMILES string of the molecule is Cc1cc(C(O)c2ccc(C)c(F)c2)cc(C)n1. The van der Waals surface area contributed by atoms with Crippen molar-refractivity contribution in [1.82, 2.24) is 4.98 Å². The van der Waals surface area contributed by atoms with E-state index < -0.39 is 6.10 Å². The number of aryl methyl sites for hydroxylation is 3. The summed E-state index contributed by atoms with van der Waals surface area (Å²) in [6, 6.07) is 8.43. The fourth-order valence-corrected chi connectivity index (χ4v) is 2.00. The quantitative estimate of drug-likeness (QED) is 0.881. The first-order valence-corrected chi connectivity index (χ1v) is 5.86. The van der Waals surface area contributed by atoms with Gasteiger partial charge in [-0.3, -0.25) is 4.98 Å². The highest BCUT2D eigenvalue weighted by Gasteiger charge is 2.13. The van der Waals surface area contributed by atoms with Gasteiger partial charge >= 0.3 is 0 Å². The molecule has 2 aromatic rings. The van der Waals surface area contributed by atoms with E-state index in [2.05, 4.69) is 4.98 Å². The summed E-state index contributed by atoms with van der Waals surface area (Å²) in [6.45, 7) is 5.45. The van der Waals surface area contributed by atoms with Gasteiger partial charge < -0.3 is 5.11 Å². The Balaban J connectivity index is 2.40. The van der Waals surface area contributed by atoms with Gasteiger partial charge in [-0.25, -0.2) is 4.39 Å². The molecule has 94 valence electrons. The summed E-state index contributed by atoms with van der Waals surface area (Å²) in [5.41, 5.74) is 3.56. The predicted molar refractivity (Wildman–Crippen MR) is 68.9 cm³/mol. The highest BCUT2D eigenvalue weighted by molar-refractivity contribution is 5.33.